The van der Waals surface area contributed by atoms with Gasteiger partial charge in [-0.1, -0.05) is 17.4 Å². The molecule has 0 radical (unpaired) electrons. The van der Waals surface area contributed by atoms with Crippen molar-refractivity contribution in [2.75, 3.05) is 5.32 Å². The fourth-order valence-electron chi connectivity index (χ4n) is 2.38. The molecule has 0 spiro atoms. The van der Waals surface area contributed by atoms with Crippen molar-refractivity contribution < 1.29 is 13.9 Å². The summed E-state index contributed by atoms with van der Waals surface area (Å²) in [5.74, 6) is 0.366. The molecule has 1 N–H and O–H groups in total. The molecule has 2 heterocycles. The van der Waals surface area contributed by atoms with Gasteiger partial charge in [-0.15, -0.1) is 10.2 Å². The predicted molar refractivity (Wildman–Crippen MR) is 85.3 cm³/mol. The maximum atomic E-state index is 13.1. The summed E-state index contributed by atoms with van der Waals surface area (Å²) < 4.78 is 20.4. The molecule has 0 aliphatic rings. The topological polar surface area (TPSA) is 68.5 Å². The van der Waals surface area contributed by atoms with Gasteiger partial charge in [0.25, 0.3) is 0 Å². The Morgan fingerprint density at radius 3 is 2.87 bits per heavy atom. The Bertz CT molecular complexity index is 874. The van der Waals surface area contributed by atoms with Crippen molar-refractivity contribution in [3.63, 3.8) is 0 Å². The lowest BCUT2D eigenvalue weighted by atomic mass is 10.3. The van der Waals surface area contributed by atoms with Crippen LogP contribution in [0, 0.1) is 19.7 Å². The molecule has 6 nitrogen and oxygen atoms in total. The molecule has 3 aromatic rings. The molecule has 0 bridgehead atoms. The van der Waals surface area contributed by atoms with Gasteiger partial charge >= 0.3 is 6.09 Å². The second kappa shape index (κ2) is 5.96. The van der Waals surface area contributed by atoms with Gasteiger partial charge in [0.1, 0.15) is 17.7 Å². The SMILES string of the molecule is Cc1nnc2sc(C(C)OC(=O)Nc3cccc(F)c3)c(C)n12. The van der Waals surface area contributed by atoms with E-state index in [1.807, 2.05) is 18.2 Å². The lowest BCUT2D eigenvalue weighted by molar-refractivity contribution is 0.122. The zero-order chi connectivity index (χ0) is 16.6. The number of nitrogens with zero attached hydrogens (tertiary/aromatic N) is 3. The van der Waals surface area contributed by atoms with E-state index in [9.17, 15) is 9.18 Å². The molecule has 23 heavy (non-hydrogen) atoms. The van der Waals surface area contributed by atoms with E-state index in [-0.39, 0.29) is 0 Å². The normalized spacial score (nSPS) is 12.3. The Labute approximate surface area is 135 Å². The average Bonchev–Trinajstić information content (AvgIpc) is 3.00. The summed E-state index contributed by atoms with van der Waals surface area (Å²) in [6.07, 6.45) is -1.09. The van der Waals surface area contributed by atoms with Crippen LogP contribution in [-0.2, 0) is 4.74 Å². The third-order valence-electron chi connectivity index (χ3n) is 3.41. The lowest BCUT2D eigenvalue weighted by Crippen LogP contribution is -2.16. The third-order valence-corrected chi connectivity index (χ3v) is 4.71. The number of halogens is 1. The zero-order valence-electron chi connectivity index (χ0n) is 12.8. The van der Waals surface area contributed by atoms with Gasteiger partial charge in [0.2, 0.25) is 4.96 Å². The molecule has 0 aliphatic carbocycles. The van der Waals surface area contributed by atoms with Crippen LogP contribution < -0.4 is 5.32 Å². The van der Waals surface area contributed by atoms with Gasteiger partial charge in [-0.3, -0.25) is 9.72 Å². The molecule has 1 aromatic carbocycles. The predicted octanol–water partition coefficient (Wildman–Crippen LogP) is 3.86. The van der Waals surface area contributed by atoms with E-state index in [0.717, 1.165) is 21.4 Å². The monoisotopic (exact) mass is 334 g/mol. The summed E-state index contributed by atoms with van der Waals surface area (Å²) in [4.78, 5) is 13.6. The number of fused-ring (bicyclic) bond motifs is 1. The van der Waals surface area contributed by atoms with Gasteiger partial charge in [-0.2, -0.15) is 0 Å². The minimum absolute atomic E-state index is 0.347. The number of amides is 1. The van der Waals surface area contributed by atoms with Gasteiger partial charge < -0.3 is 4.74 Å². The molecular weight excluding hydrogens is 319 g/mol. The Morgan fingerprint density at radius 2 is 2.17 bits per heavy atom. The van der Waals surface area contributed by atoms with E-state index in [1.54, 1.807) is 13.0 Å². The molecule has 0 fully saturated rings. The number of hydrogen-bond acceptors (Lipinski definition) is 5. The van der Waals surface area contributed by atoms with E-state index < -0.39 is 18.0 Å². The van der Waals surface area contributed by atoms with Gasteiger partial charge in [0.05, 0.1) is 4.88 Å². The first-order valence-electron chi connectivity index (χ1n) is 7.00. The number of aryl methyl sites for hydroxylation is 2. The summed E-state index contributed by atoms with van der Waals surface area (Å²) >= 11 is 1.43. The smallest absolute Gasteiger partial charge is 0.412 e. The Kier molecular flexibility index (Phi) is 3.99. The molecule has 0 saturated heterocycles. The highest BCUT2D eigenvalue weighted by Gasteiger charge is 2.20. The Morgan fingerprint density at radius 1 is 1.39 bits per heavy atom. The number of aromatic nitrogens is 3. The number of hydrogen-bond donors (Lipinski definition) is 1. The van der Waals surface area contributed by atoms with Gasteiger partial charge in [0, 0.05) is 11.4 Å². The maximum absolute atomic E-state index is 13.1. The standard InChI is InChI=1S/C15H15FN4O2S/c1-8-13(23-14-19-18-10(3)20(8)14)9(2)22-15(21)17-12-6-4-5-11(16)7-12/h4-7,9H,1-3H3,(H,17,21). The fourth-order valence-corrected chi connectivity index (χ4v) is 3.47. The van der Waals surface area contributed by atoms with Gasteiger partial charge in [-0.05, 0) is 39.0 Å². The number of nitrogens with one attached hydrogen (secondary N) is 1. The second-order valence-electron chi connectivity index (χ2n) is 5.10. The molecule has 0 aliphatic heterocycles. The van der Waals surface area contributed by atoms with Crippen molar-refractivity contribution in [2.45, 2.75) is 26.9 Å². The van der Waals surface area contributed by atoms with E-state index in [2.05, 4.69) is 15.5 Å². The van der Waals surface area contributed by atoms with Crippen LogP contribution in [-0.4, -0.2) is 20.7 Å². The Hall–Kier alpha value is -2.48. The van der Waals surface area contributed by atoms with Crippen LogP contribution in [0.3, 0.4) is 0 Å². The summed E-state index contributed by atoms with van der Waals surface area (Å²) in [5.41, 5.74) is 1.29. The van der Waals surface area contributed by atoms with Crippen LogP contribution in [0.4, 0.5) is 14.9 Å². The summed E-state index contributed by atoms with van der Waals surface area (Å²) in [7, 11) is 0. The quantitative estimate of drug-likeness (QED) is 0.790. The molecule has 3 rings (SSSR count). The molecule has 2 aromatic heterocycles. The van der Waals surface area contributed by atoms with Crippen molar-refractivity contribution in [1.82, 2.24) is 14.6 Å². The van der Waals surface area contributed by atoms with Crippen LogP contribution in [0.1, 0.15) is 29.4 Å². The zero-order valence-corrected chi connectivity index (χ0v) is 13.6. The average molecular weight is 334 g/mol. The van der Waals surface area contributed by atoms with Crippen LogP contribution in [0.5, 0.6) is 0 Å². The van der Waals surface area contributed by atoms with Crippen molar-refractivity contribution in [2.24, 2.45) is 0 Å². The molecule has 1 atom stereocenters. The van der Waals surface area contributed by atoms with Crippen LogP contribution in [0.15, 0.2) is 24.3 Å². The number of anilines is 1. The van der Waals surface area contributed by atoms with Gasteiger partial charge in [-0.25, -0.2) is 9.18 Å². The van der Waals surface area contributed by atoms with Gasteiger partial charge in [0.15, 0.2) is 0 Å². The summed E-state index contributed by atoms with van der Waals surface area (Å²) in [6.45, 7) is 5.58. The molecular formula is C15H15FN4O2S. The molecule has 1 amide bonds. The number of carbonyl (C=O) groups is 1. The molecule has 1 unspecified atom stereocenters. The largest absolute Gasteiger partial charge is 0.440 e. The second-order valence-corrected chi connectivity index (χ2v) is 6.11. The van der Waals surface area contributed by atoms with Crippen LogP contribution in [0.25, 0.3) is 4.96 Å². The number of thiazole rings is 1. The van der Waals surface area contributed by atoms with Crippen molar-refractivity contribution >= 4 is 28.1 Å². The summed E-state index contributed by atoms with van der Waals surface area (Å²) in [6, 6.07) is 5.64. The lowest BCUT2D eigenvalue weighted by Gasteiger charge is -2.13. The van der Waals surface area contributed by atoms with E-state index >= 15 is 0 Å². The highest BCUT2D eigenvalue weighted by molar-refractivity contribution is 7.17. The van der Waals surface area contributed by atoms with Crippen LogP contribution in [0.2, 0.25) is 0 Å². The van der Waals surface area contributed by atoms with E-state index in [1.165, 1.54) is 29.5 Å². The van der Waals surface area contributed by atoms with E-state index in [0.29, 0.717) is 5.69 Å². The third kappa shape index (κ3) is 3.02. The first kappa shape index (κ1) is 15.4. The molecule has 0 saturated carbocycles. The minimum atomic E-state index is -0.636. The maximum Gasteiger partial charge on any atom is 0.412 e. The number of benzene rings is 1. The molecule has 120 valence electrons. The highest BCUT2D eigenvalue weighted by Crippen LogP contribution is 2.30. The highest BCUT2D eigenvalue weighted by atomic mass is 32.1. The number of rotatable bonds is 3. The first-order chi connectivity index (χ1) is 11.0. The summed E-state index contributed by atoms with van der Waals surface area (Å²) in [5, 5.41) is 10.6. The molecule has 8 heteroatoms. The minimum Gasteiger partial charge on any atom is -0.440 e. The van der Waals surface area contributed by atoms with Crippen molar-refractivity contribution in [3.05, 3.63) is 46.5 Å². The number of ether oxygens (including phenoxy) is 1. The Balaban J connectivity index is 1.73. The van der Waals surface area contributed by atoms with E-state index in [4.69, 9.17) is 4.74 Å². The van der Waals surface area contributed by atoms with Crippen molar-refractivity contribution in [1.29, 1.82) is 0 Å². The number of carbonyl (C=O) groups excluding carboxylic acids is 1. The first-order valence-corrected chi connectivity index (χ1v) is 7.81. The van der Waals surface area contributed by atoms with Crippen molar-refractivity contribution in [3.8, 4) is 0 Å². The van der Waals surface area contributed by atoms with Crippen LogP contribution >= 0.6 is 11.3 Å². The fraction of sp³-hybridized carbons (Fsp3) is 0.267.